The van der Waals surface area contributed by atoms with Gasteiger partial charge in [0.05, 0.1) is 17.4 Å². The molecule has 2 fully saturated rings. The quantitative estimate of drug-likeness (QED) is 0.741. The van der Waals surface area contributed by atoms with Crippen molar-refractivity contribution in [3.8, 4) is 0 Å². The maximum Gasteiger partial charge on any atom is 0.308 e. The second-order valence-electron chi connectivity index (χ2n) is 4.77. The fourth-order valence-electron chi connectivity index (χ4n) is 2.85. The summed E-state index contributed by atoms with van der Waals surface area (Å²) >= 11 is 0. The number of aliphatic carboxylic acids is 1. The van der Waals surface area contributed by atoms with E-state index in [2.05, 4.69) is 4.90 Å². The second-order valence-corrected chi connectivity index (χ2v) is 7.00. The third kappa shape index (κ3) is 2.08. The summed E-state index contributed by atoms with van der Waals surface area (Å²) in [4.78, 5) is 13.0. The Hall–Kier alpha value is -0.620. The predicted molar refractivity (Wildman–Crippen MR) is 59.0 cm³/mol. The first-order valence-electron chi connectivity index (χ1n) is 5.60. The van der Waals surface area contributed by atoms with Crippen LogP contribution in [0, 0.1) is 5.92 Å². The molecule has 0 spiro atoms. The Bertz CT molecular complexity index is 392. The molecule has 0 radical (unpaired) electrons. The van der Waals surface area contributed by atoms with Gasteiger partial charge in [0.25, 0.3) is 0 Å². The first kappa shape index (κ1) is 11.9. The number of rotatable bonds is 2. The van der Waals surface area contributed by atoms with Crippen molar-refractivity contribution in [2.45, 2.75) is 31.8 Å². The van der Waals surface area contributed by atoms with E-state index in [4.69, 9.17) is 5.11 Å². The Labute approximate surface area is 95.4 Å². The van der Waals surface area contributed by atoms with E-state index in [9.17, 15) is 13.2 Å². The lowest BCUT2D eigenvalue weighted by atomic mass is 10.0. The molecule has 5 nitrogen and oxygen atoms in total. The SMILES string of the molecule is CC1C(C(=O)O)CCN1C1CCS(=O)(=O)C1. The van der Waals surface area contributed by atoms with Crippen LogP contribution < -0.4 is 0 Å². The molecule has 6 heteroatoms. The van der Waals surface area contributed by atoms with E-state index in [0.717, 1.165) is 0 Å². The highest BCUT2D eigenvalue weighted by Gasteiger charge is 2.42. The topological polar surface area (TPSA) is 74.7 Å². The van der Waals surface area contributed by atoms with Crippen LogP contribution in [-0.2, 0) is 14.6 Å². The lowest BCUT2D eigenvalue weighted by Crippen LogP contribution is -2.41. The molecule has 2 saturated heterocycles. The molecular formula is C10H17NO4S. The Morgan fingerprint density at radius 1 is 1.38 bits per heavy atom. The molecule has 3 atom stereocenters. The maximum absolute atomic E-state index is 11.4. The van der Waals surface area contributed by atoms with Crippen LogP contribution in [0.25, 0.3) is 0 Å². The van der Waals surface area contributed by atoms with E-state index in [0.29, 0.717) is 19.4 Å². The minimum absolute atomic E-state index is 0.0318. The normalized spacial score (nSPS) is 38.9. The van der Waals surface area contributed by atoms with E-state index in [1.165, 1.54) is 0 Å². The van der Waals surface area contributed by atoms with Crippen LogP contribution in [0.15, 0.2) is 0 Å². The molecule has 0 saturated carbocycles. The highest BCUT2D eigenvalue weighted by molar-refractivity contribution is 7.91. The molecule has 3 unspecified atom stereocenters. The van der Waals surface area contributed by atoms with Crippen LogP contribution in [0.3, 0.4) is 0 Å². The molecule has 0 aromatic carbocycles. The summed E-state index contributed by atoms with van der Waals surface area (Å²) in [6.45, 7) is 2.59. The molecule has 2 aliphatic rings. The smallest absolute Gasteiger partial charge is 0.308 e. The zero-order chi connectivity index (χ0) is 11.9. The molecule has 0 aliphatic carbocycles. The minimum Gasteiger partial charge on any atom is -0.481 e. The van der Waals surface area contributed by atoms with E-state index >= 15 is 0 Å². The predicted octanol–water partition coefficient (Wildman–Crippen LogP) is -0.0315. The second kappa shape index (κ2) is 4.00. The average Bonchev–Trinajstić information content (AvgIpc) is 2.69. The van der Waals surface area contributed by atoms with E-state index in [1.54, 1.807) is 0 Å². The van der Waals surface area contributed by atoms with Gasteiger partial charge in [-0.15, -0.1) is 0 Å². The summed E-state index contributed by atoms with van der Waals surface area (Å²) in [6, 6.07) is -0.0138. The van der Waals surface area contributed by atoms with Crippen molar-refractivity contribution >= 4 is 15.8 Å². The van der Waals surface area contributed by atoms with Gasteiger partial charge in [-0.3, -0.25) is 9.69 Å². The number of sulfone groups is 1. The highest BCUT2D eigenvalue weighted by atomic mass is 32.2. The van der Waals surface area contributed by atoms with E-state index in [1.807, 2.05) is 6.92 Å². The number of carboxylic acid groups (broad SMARTS) is 1. The van der Waals surface area contributed by atoms with Crippen LogP contribution in [0.4, 0.5) is 0 Å². The molecular weight excluding hydrogens is 230 g/mol. The van der Waals surface area contributed by atoms with Crippen LogP contribution in [0.5, 0.6) is 0 Å². The van der Waals surface area contributed by atoms with Crippen LogP contribution >= 0.6 is 0 Å². The largest absolute Gasteiger partial charge is 0.481 e. The molecule has 0 aromatic heterocycles. The molecule has 0 amide bonds. The maximum atomic E-state index is 11.4. The molecule has 1 N–H and O–H groups in total. The Morgan fingerprint density at radius 3 is 2.50 bits per heavy atom. The van der Waals surface area contributed by atoms with Gasteiger partial charge in [-0.05, 0) is 26.3 Å². The van der Waals surface area contributed by atoms with Crippen LogP contribution in [-0.4, -0.2) is 54.5 Å². The first-order chi connectivity index (χ1) is 7.41. The number of hydrogen-bond acceptors (Lipinski definition) is 4. The summed E-state index contributed by atoms with van der Waals surface area (Å²) in [5.74, 6) is -0.665. The van der Waals surface area contributed by atoms with Crippen LogP contribution in [0.2, 0.25) is 0 Å². The van der Waals surface area contributed by atoms with Gasteiger partial charge >= 0.3 is 5.97 Å². The van der Waals surface area contributed by atoms with Crippen molar-refractivity contribution < 1.29 is 18.3 Å². The number of carboxylic acids is 1. The highest BCUT2D eigenvalue weighted by Crippen LogP contribution is 2.30. The molecule has 2 aliphatic heterocycles. The number of nitrogens with zero attached hydrogens (tertiary/aromatic N) is 1. The van der Waals surface area contributed by atoms with Gasteiger partial charge in [-0.25, -0.2) is 8.42 Å². The summed E-state index contributed by atoms with van der Waals surface area (Å²) in [5, 5.41) is 9.00. The molecule has 0 aromatic rings. The molecule has 2 heterocycles. The molecule has 0 bridgehead atoms. The Balaban J connectivity index is 2.05. The average molecular weight is 247 g/mol. The number of hydrogen-bond donors (Lipinski definition) is 1. The van der Waals surface area contributed by atoms with Crippen molar-refractivity contribution in [1.82, 2.24) is 4.90 Å². The Kier molecular flexibility index (Phi) is 2.96. The van der Waals surface area contributed by atoms with Gasteiger partial charge in [0.15, 0.2) is 9.84 Å². The third-order valence-corrected chi connectivity index (χ3v) is 5.55. The standard InChI is InChI=1S/C10H17NO4S/c1-7-9(10(12)13)2-4-11(7)8-3-5-16(14,15)6-8/h7-9H,2-6H2,1H3,(H,12,13). The monoisotopic (exact) mass is 247 g/mol. The van der Waals surface area contributed by atoms with Gasteiger partial charge in [0.1, 0.15) is 0 Å². The van der Waals surface area contributed by atoms with E-state index < -0.39 is 15.8 Å². The van der Waals surface area contributed by atoms with Crippen molar-refractivity contribution in [1.29, 1.82) is 0 Å². The molecule has 92 valence electrons. The summed E-state index contributed by atoms with van der Waals surface area (Å²) in [6.07, 6.45) is 1.28. The molecule has 16 heavy (non-hydrogen) atoms. The minimum atomic E-state index is -2.88. The first-order valence-corrected chi connectivity index (χ1v) is 7.42. The third-order valence-electron chi connectivity index (χ3n) is 3.80. The lowest BCUT2D eigenvalue weighted by Gasteiger charge is -2.28. The Morgan fingerprint density at radius 2 is 2.06 bits per heavy atom. The summed E-state index contributed by atoms with van der Waals surface area (Å²) in [5.41, 5.74) is 0. The lowest BCUT2D eigenvalue weighted by molar-refractivity contribution is -0.142. The van der Waals surface area contributed by atoms with Gasteiger partial charge in [-0.1, -0.05) is 0 Å². The fraction of sp³-hybridized carbons (Fsp3) is 0.900. The zero-order valence-corrected chi connectivity index (χ0v) is 10.1. The van der Waals surface area contributed by atoms with E-state index in [-0.39, 0.29) is 29.5 Å². The fourth-order valence-corrected chi connectivity index (χ4v) is 4.59. The van der Waals surface area contributed by atoms with Crippen LogP contribution in [0.1, 0.15) is 19.8 Å². The number of carbonyl (C=O) groups is 1. The van der Waals surface area contributed by atoms with Crippen molar-refractivity contribution in [3.63, 3.8) is 0 Å². The van der Waals surface area contributed by atoms with Gasteiger partial charge in [0.2, 0.25) is 0 Å². The van der Waals surface area contributed by atoms with Crippen molar-refractivity contribution in [2.75, 3.05) is 18.1 Å². The van der Waals surface area contributed by atoms with Gasteiger partial charge < -0.3 is 5.11 Å². The summed E-state index contributed by atoms with van der Waals surface area (Å²) < 4.78 is 22.8. The van der Waals surface area contributed by atoms with Gasteiger partial charge in [-0.2, -0.15) is 0 Å². The van der Waals surface area contributed by atoms with Gasteiger partial charge in [0, 0.05) is 12.1 Å². The zero-order valence-electron chi connectivity index (χ0n) is 9.30. The summed E-state index contributed by atoms with van der Waals surface area (Å²) in [7, 11) is -2.88. The van der Waals surface area contributed by atoms with Crippen molar-refractivity contribution in [3.05, 3.63) is 0 Å². The molecule has 2 rings (SSSR count). The van der Waals surface area contributed by atoms with Crippen molar-refractivity contribution in [2.24, 2.45) is 5.92 Å². The number of likely N-dealkylation sites (tertiary alicyclic amines) is 1.